The van der Waals surface area contributed by atoms with Gasteiger partial charge < -0.3 is 9.30 Å². The Balaban J connectivity index is 1.07. The maximum absolute atomic E-state index is 6.41. The summed E-state index contributed by atoms with van der Waals surface area (Å²) in [5.74, 6) is 1.65. The minimum Gasteiger partial charge on any atom is -0.485 e. The van der Waals surface area contributed by atoms with Crippen molar-refractivity contribution in [3.8, 4) is 5.75 Å². The Bertz CT molecular complexity index is 2520. The van der Waals surface area contributed by atoms with Crippen LogP contribution in [0.4, 0.5) is 0 Å². The zero-order chi connectivity index (χ0) is 28.5. The third-order valence-corrected chi connectivity index (χ3v) is 10.6. The van der Waals surface area contributed by atoms with E-state index in [0.29, 0.717) is 5.92 Å². The summed E-state index contributed by atoms with van der Waals surface area (Å²) in [6, 6.07) is 40.7. The molecule has 0 saturated heterocycles. The van der Waals surface area contributed by atoms with Crippen molar-refractivity contribution in [3.63, 3.8) is 0 Å². The van der Waals surface area contributed by atoms with Crippen LogP contribution in [0.5, 0.6) is 5.75 Å². The molecule has 0 N–H and O–H groups in total. The molecule has 3 atom stereocenters. The molecule has 11 rings (SSSR count). The van der Waals surface area contributed by atoms with Gasteiger partial charge in [-0.3, -0.25) is 0 Å². The molecule has 3 heterocycles. The van der Waals surface area contributed by atoms with Crippen LogP contribution in [0.25, 0.3) is 60.7 Å². The first-order valence-electron chi connectivity index (χ1n) is 15.7. The van der Waals surface area contributed by atoms with Crippen LogP contribution in [0.15, 0.2) is 127 Å². The molecule has 2 nitrogen and oxygen atoms in total. The Hall–Kier alpha value is -5.34. The van der Waals surface area contributed by atoms with Gasteiger partial charge >= 0.3 is 0 Å². The van der Waals surface area contributed by atoms with Crippen LogP contribution in [-0.2, 0) is 6.42 Å². The second kappa shape index (κ2) is 8.18. The number of nitrogens with zero attached hydrogens (tertiary/aromatic N) is 1. The van der Waals surface area contributed by atoms with Crippen LogP contribution < -0.4 is 4.74 Å². The second-order valence-electron chi connectivity index (χ2n) is 12.9. The second-order valence-corrected chi connectivity index (χ2v) is 12.9. The predicted molar refractivity (Wildman–Crippen MR) is 182 cm³/mol. The van der Waals surface area contributed by atoms with Crippen LogP contribution in [0.3, 0.4) is 0 Å². The highest BCUT2D eigenvalue weighted by Crippen LogP contribution is 2.51. The van der Waals surface area contributed by atoms with E-state index in [-0.39, 0.29) is 12.0 Å². The normalized spacial score (nSPS) is 20.8. The number of ether oxygens (including phenoxy) is 1. The van der Waals surface area contributed by atoms with Crippen LogP contribution in [0.1, 0.15) is 39.7 Å². The largest absolute Gasteiger partial charge is 0.485 e. The molecule has 3 unspecified atom stereocenters. The lowest BCUT2D eigenvalue weighted by atomic mass is 9.83. The lowest BCUT2D eigenvalue weighted by Crippen LogP contribution is -2.16. The maximum Gasteiger partial charge on any atom is 0.128 e. The number of hydrogen-bond donors (Lipinski definition) is 0. The van der Waals surface area contributed by atoms with Gasteiger partial charge in [0.25, 0.3) is 0 Å². The predicted octanol–water partition coefficient (Wildman–Crippen LogP) is 10.3. The summed E-state index contributed by atoms with van der Waals surface area (Å²) in [6.07, 6.45) is 10.5. The summed E-state index contributed by atoms with van der Waals surface area (Å²) in [7, 11) is 0. The first kappa shape index (κ1) is 23.2. The van der Waals surface area contributed by atoms with Crippen molar-refractivity contribution in [3.05, 3.63) is 155 Å². The Labute approximate surface area is 254 Å². The van der Waals surface area contributed by atoms with Crippen LogP contribution in [0.2, 0.25) is 0 Å². The fourth-order valence-corrected chi connectivity index (χ4v) is 8.48. The summed E-state index contributed by atoms with van der Waals surface area (Å²) in [6.45, 7) is 0. The number of aromatic nitrogens is 1. The first-order chi connectivity index (χ1) is 21.8. The molecule has 1 aromatic heterocycles. The monoisotopic (exact) mass is 561 g/mol. The van der Waals surface area contributed by atoms with E-state index in [1.54, 1.807) is 0 Å². The third kappa shape index (κ3) is 3.00. The van der Waals surface area contributed by atoms with E-state index in [0.717, 1.165) is 12.2 Å². The van der Waals surface area contributed by atoms with E-state index < -0.39 is 0 Å². The molecule has 4 aliphatic rings. The third-order valence-electron chi connectivity index (χ3n) is 10.6. The van der Waals surface area contributed by atoms with Crippen LogP contribution >= 0.6 is 0 Å². The van der Waals surface area contributed by atoms with E-state index in [4.69, 9.17) is 4.74 Å². The van der Waals surface area contributed by atoms with E-state index in [1.165, 1.54) is 82.4 Å². The van der Waals surface area contributed by atoms with Crippen LogP contribution in [0, 0.1) is 0 Å². The van der Waals surface area contributed by atoms with E-state index in [9.17, 15) is 0 Å². The number of allylic oxidation sites excluding steroid dienone is 3. The zero-order valence-corrected chi connectivity index (χ0v) is 24.0. The minimum atomic E-state index is 0.0546. The van der Waals surface area contributed by atoms with E-state index in [2.05, 4.69) is 138 Å². The van der Waals surface area contributed by atoms with Crippen molar-refractivity contribution in [2.75, 3.05) is 0 Å². The van der Waals surface area contributed by atoms with Gasteiger partial charge in [0.2, 0.25) is 0 Å². The van der Waals surface area contributed by atoms with Crippen molar-refractivity contribution < 1.29 is 4.74 Å². The SMILES string of the molecule is C1=CC2Oc3cc4ccccc4cc3C2C=C1c1ccc2cc3c4cccc5c4n(c3cc2c1)C1=Cc2ccccc2CC15. The fraction of sp³-hybridized carbons (Fsp3) is 0.0952. The van der Waals surface area contributed by atoms with Gasteiger partial charge in [-0.15, -0.1) is 0 Å². The number of hydrogen-bond acceptors (Lipinski definition) is 1. The molecule has 0 bridgehead atoms. The maximum atomic E-state index is 6.41. The van der Waals surface area contributed by atoms with Gasteiger partial charge in [0.1, 0.15) is 11.9 Å². The molecule has 206 valence electrons. The number of benzene rings is 6. The topological polar surface area (TPSA) is 14.2 Å². The van der Waals surface area contributed by atoms with Gasteiger partial charge in [0, 0.05) is 33.9 Å². The lowest BCUT2D eigenvalue weighted by molar-refractivity contribution is 0.269. The van der Waals surface area contributed by atoms with Gasteiger partial charge in [-0.2, -0.15) is 0 Å². The Kier molecular flexibility index (Phi) is 4.31. The molecule has 0 amide bonds. The number of rotatable bonds is 1. The molecule has 0 spiro atoms. The molecule has 0 saturated carbocycles. The average Bonchev–Trinajstić information content (AvgIpc) is 3.70. The molecule has 2 aliphatic heterocycles. The average molecular weight is 562 g/mol. The van der Waals surface area contributed by atoms with Gasteiger partial charge in [-0.05, 0) is 98.3 Å². The van der Waals surface area contributed by atoms with Crippen molar-refractivity contribution >= 4 is 60.7 Å². The van der Waals surface area contributed by atoms with Crippen molar-refractivity contribution in [1.29, 1.82) is 0 Å². The van der Waals surface area contributed by atoms with Gasteiger partial charge in [0.05, 0.1) is 11.0 Å². The molecule has 2 heteroatoms. The van der Waals surface area contributed by atoms with Crippen molar-refractivity contribution in [1.82, 2.24) is 4.57 Å². The highest BCUT2D eigenvalue weighted by molar-refractivity contribution is 6.18. The first-order valence-corrected chi connectivity index (χ1v) is 15.7. The quantitative estimate of drug-likeness (QED) is 0.194. The van der Waals surface area contributed by atoms with Crippen molar-refractivity contribution in [2.45, 2.75) is 24.4 Å². The highest BCUT2D eigenvalue weighted by atomic mass is 16.5. The molecule has 44 heavy (non-hydrogen) atoms. The minimum absolute atomic E-state index is 0.0546. The number of fused-ring (bicyclic) bond motifs is 12. The Morgan fingerprint density at radius 2 is 1.55 bits per heavy atom. The molecule has 0 radical (unpaired) electrons. The molecule has 7 aromatic rings. The molecule has 2 aliphatic carbocycles. The summed E-state index contributed by atoms with van der Waals surface area (Å²) >= 11 is 0. The molecular formula is C42H27NO. The number of para-hydroxylation sites is 1. The lowest BCUT2D eigenvalue weighted by Gasteiger charge is -2.22. The van der Waals surface area contributed by atoms with Crippen molar-refractivity contribution in [2.24, 2.45) is 0 Å². The van der Waals surface area contributed by atoms with Crippen LogP contribution in [-0.4, -0.2) is 10.7 Å². The van der Waals surface area contributed by atoms with Gasteiger partial charge in [0.15, 0.2) is 0 Å². The van der Waals surface area contributed by atoms with Gasteiger partial charge in [-0.1, -0.05) is 91.0 Å². The summed E-state index contributed by atoms with van der Waals surface area (Å²) in [4.78, 5) is 0. The molecule has 0 fully saturated rings. The fourth-order valence-electron chi connectivity index (χ4n) is 8.48. The molecular weight excluding hydrogens is 534 g/mol. The molecule has 6 aromatic carbocycles. The summed E-state index contributed by atoms with van der Waals surface area (Å²) < 4.78 is 8.97. The zero-order valence-electron chi connectivity index (χ0n) is 24.0. The van der Waals surface area contributed by atoms with E-state index >= 15 is 0 Å². The summed E-state index contributed by atoms with van der Waals surface area (Å²) in [5, 5.41) is 7.76. The van der Waals surface area contributed by atoms with E-state index in [1.807, 2.05) is 0 Å². The Morgan fingerprint density at radius 3 is 2.50 bits per heavy atom. The summed E-state index contributed by atoms with van der Waals surface area (Å²) in [5.41, 5.74) is 12.2. The highest BCUT2D eigenvalue weighted by Gasteiger charge is 2.35. The standard InChI is InChI=1S/C42H27NO/c1-3-8-26-21-38-34(17-24(26)6-1)32-10-5-11-33-35-18-30-13-12-28(16-31(30)22-39(35)43(38)42(32)33)29-14-15-40-36(20-29)37-19-25-7-2-4-9-27(25)23-41(37)44-40/h1-16,18-23,34,36,40H,17H2. The smallest absolute Gasteiger partial charge is 0.128 e. The Morgan fingerprint density at radius 1 is 0.682 bits per heavy atom. The van der Waals surface area contributed by atoms with Gasteiger partial charge in [-0.25, -0.2) is 0 Å².